The molecule has 0 amide bonds. The van der Waals surface area contributed by atoms with Crippen LogP contribution in [0.25, 0.3) is 5.57 Å². The molecule has 1 aliphatic carbocycles. The number of fused-ring (bicyclic) bond motifs is 1. The molecule has 1 heterocycles. The van der Waals surface area contributed by atoms with Crippen LogP contribution in [-0.2, 0) is 6.42 Å². The minimum atomic E-state index is 0.622. The lowest BCUT2D eigenvalue weighted by molar-refractivity contribution is 1.14. The molecule has 0 bridgehead atoms. The van der Waals surface area contributed by atoms with E-state index in [9.17, 15) is 0 Å². The van der Waals surface area contributed by atoms with Gasteiger partial charge in [-0.15, -0.1) is 0 Å². The highest BCUT2D eigenvalue weighted by molar-refractivity contribution is 5.83. The van der Waals surface area contributed by atoms with Crippen LogP contribution in [-0.4, -0.2) is 9.97 Å². The quantitative estimate of drug-likeness (QED) is 0.773. The fourth-order valence-corrected chi connectivity index (χ4v) is 2.86. The Morgan fingerprint density at radius 2 is 1.78 bits per heavy atom. The summed E-state index contributed by atoms with van der Waals surface area (Å²) in [7, 11) is 0. The molecule has 2 aromatic carbocycles. The Labute approximate surface area is 135 Å². The zero-order chi connectivity index (χ0) is 15.6. The fourth-order valence-electron chi connectivity index (χ4n) is 2.86. The van der Waals surface area contributed by atoms with Gasteiger partial charge in [-0.3, -0.25) is 0 Å². The molecule has 0 radical (unpaired) electrons. The van der Waals surface area contributed by atoms with Crippen LogP contribution in [0.2, 0.25) is 0 Å². The number of nitrogens with zero attached hydrogens (tertiary/aromatic N) is 2. The first-order chi connectivity index (χ1) is 11.3. The second kappa shape index (κ2) is 5.69. The van der Waals surface area contributed by atoms with Crippen LogP contribution in [0.3, 0.4) is 0 Å². The number of hydrogen-bond donors (Lipinski definition) is 1. The number of nitrogens with one attached hydrogen (secondary N) is 1. The third kappa shape index (κ3) is 2.73. The maximum atomic E-state index is 4.68. The van der Waals surface area contributed by atoms with E-state index in [2.05, 4.69) is 64.7 Å². The molecular weight excluding hydrogens is 282 g/mol. The van der Waals surface area contributed by atoms with E-state index in [0.717, 1.165) is 17.8 Å². The molecule has 0 saturated carbocycles. The smallest absolute Gasteiger partial charge is 0.227 e. The number of anilines is 2. The highest BCUT2D eigenvalue weighted by Gasteiger charge is 2.16. The van der Waals surface area contributed by atoms with Gasteiger partial charge in [0.15, 0.2) is 0 Å². The van der Waals surface area contributed by atoms with E-state index in [-0.39, 0.29) is 0 Å². The first-order valence-corrected chi connectivity index (χ1v) is 7.75. The molecule has 0 saturated heterocycles. The third-order valence-electron chi connectivity index (χ3n) is 4.07. The van der Waals surface area contributed by atoms with Gasteiger partial charge >= 0.3 is 0 Å². The average molecular weight is 299 g/mol. The van der Waals surface area contributed by atoms with Gasteiger partial charge in [0.05, 0.1) is 5.69 Å². The molecule has 1 aromatic heterocycles. The first-order valence-electron chi connectivity index (χ1n) is 7.75. The maximum Gasteiger partial charge on any atom is 0.227 e. The standard InChI is InChI=1S/C20H17N3/c1-14-6-9-16(10-7-14)22-20-21-13-12-19(23-20)18-11-8-15-4-2-3-5-17(15)18/h2-7,9-13H,8H2,1H3,(H,21,22,23). The van der Waals surface area contributed by atoms with Crippen molar-refractivity contribution in [3.05, 3.63) is 89.3 Å². The second-order valence-corrected chi connectivity index (χ2v) is 5.74. The molecule has 1 N–H and O–H groups in total. The summed E-state index contributed by atoms with van der Waals surface area (Å²) in [5.74, 6) is 0.622. The fraction of sp³-hybridized carbons (Fsp3) is 0.100. The normalized spacial score (nSPS) is 12.7. The highest BCUT2D eigenvalue weighted by atomic mass is 15.1. The van der Waals surface area contributed by atoms with Gasteiger partial charge in [0.1, 0.15) is 0 Å². The molecule has 0 unspecified atom stereocenters. The van der Waals surface area contributed by atoms with E-state index in [4.69, 9.17) is 0 Å². The minimum absolute atomic E-state index is 0.622. The Bertz CT molecular complexity index is 879. The van der Waals surface area contributed by atoms with Gasteiger partial charge in [0.2, 0.25) is 5.95 Å². The van der Waals surface area contributed by atoms with Crippen molar-refractivity contribution < 1.29 is 0 Å². The van der Waals surface area contributed by atoms with E-state index < -0.39 is 0 Å². The van der Waals surface area contributed by atoms with Crippen LogP contribution < -0.4 is 5.32 Å². The molecule has 0 atom stereocenters. The lowest BCUT2D eigenvalue weighted by atomic mass is 10.0. The lowest BCUT2D eigenvalue weighted by Crippen LogP contribution is -1.99. The predicted octanol–water partition coefficient (Wildman–Crippen LogP) is 4.52. The van der Waals surface area contributed by atoms with Gasteiger partial charge in [0.25, 0.3) is 0 Å². The van der Waals surface area contributed by atoms with Crippen molar-refractivity contribution in [2.24, 2.45) is 0 Å². The molecule has 4 rings (SSSR count). The first kappa shape index (κ1) is 13.7. The summed E-state index contributed by atoms with van der Waals surface area (Å²) in [6.07, 6.45) is 5.01. The second-order valence-electron chi connectivity index (χ2n) is 5.74. The SMILES string of the molecule is Cc1ccc(Nc2nccc(C3=CCc4ccccc43)n2)cc1. The van der Waals surface area contributed by atoms with Gasteiger partial charge in [0, 0.05) is 17.5 Å². The largest absolute Gasteiger partial charge is 0.324 e. The van der Waals surface area contributed by atoms with Gasteiger partial charge < -0.3 is 5.32 Å². The Balaban J connectivity index is 1.64. The zero-order valence-electron chi connectivity index (χ0n) is 13.0. The van der Waals surface area contributed by atoms with Crippen molar-refractivity contribution in [3.63, 3.8) is 0 Å². The number of aryl methyl sites for hydroxylation is 1. The number of hydrogen-bond acceptors (Lipinski definition) is 3. The van der Waals surface area contributed by atoms with E-state index >= 15 is 0 Å². The predicted molar refractivity (Wildman–Crippen MR) is 93.7 cm³/mol. The topological polar surface area (TPSA) is 37.8 Å². The molecule has 112 valence electrons. The summed E-state index contributed by atoms with van der Waals surface area (Å²) in [6, 6.07) is 18.7. The van der Waals surface area contributed by atoms with E-state index in [1.165, 1.54) is 22.3 Å². The number of benzene rings is 2. The minimum Gasteiger partial charge on any atom is -0.324 e. The Morgan fingerprint density at radius 3 is 2.65 bits per heavy atom. The Kier molecular flexibility index (Phi) is 3.39. The molecule has 0 aliphatic heterocycles. The zero-order valence-corrected chi connectivity index (χ0v) is 13.0. The summed E-state index contributed by atoms with van der Waals surface area (Å²) in [5, 5.41) is 3.27. The molecule has 0 fully saturated rings. The number of aromatic nitrogens is 2. The van der Waals surface area contributed by atoms with E-state index in [1.54, 1.807) is 6.20 Å². The summed E-state index contributed by atoms with van der Waals surface area (Å²) >= 11 is 0. The van der Waals surface area contributed by atoms with Crippen LogP contribution in [0.1, 0.15) is 22.4 Å². The number of rotatable bonds is 3. The van der Waals surface area contributed by atoms with E-state index in [1.807, 2.05) is 18.2 Å². The van der Waals surface area contributed by atoms with Crippen LogP contribution in [0.4, 0.5) is 11.6 Å². The highest BCUT2D eigenvalue weighted by Crippen LogP contribution is 2.31. The van der Waals surface area contributed by atoms with Crippen molar-refractivity contribution >= 4 is 17.2 Å². The Hall–Kier alpha value is -2.94. The molecule has 23 heavy (non-hydrogen) atoms. The van der Waals surface area contributed by atoms with Gasteiger partial charge in [-0.25, -0.2) is 9.97 Å². The van der Waals surface area contributed by atoms with Crippen LogP contribution in [0.15, 0.2) is 66.9 Å². The van der Waals surface area contributed by atoms with Crippen molar-refractivity contribution in [1.29, 1.82) is 0 Å². The summed E-state index contributed by atoms with van der Waals surface area (Å²) < 4.78 is 0. The van der Waals surface area contributed by atoms with Crippen LogP contribution in [0.5, 0.6) is 0 Å². The molecule has 3 aromatic rings. The van der Waals surface area contributed by atoms with Crippen molar-refractivity contribution in [3.8, 4) is 0 Å². The molecule has 0 spiro atoms. The van der Waals surface area contributed by atoms with E-state index in [0.29, 0.717) is 5.95 Å². The van der Waals surface area contributed by atoms with Crippen molar-refractivity contribution in [1.82, 2.24) is 9.97 Å². The van der Waals surface area contributed by atoms with Gasteiger partial charge in [-0.1, -0.05) is 48.0 Å². The van der Waals surface area contributed by atoms with Crippen molar-refractivity contribution in [2.75, 3.05) is 5.32 Å². The van der Waals surface area contributed by atoms with Crippen LogP contribution >= 0.6 is 0 Å². The summed E-state index contributed by atoms with van der Waals surface area (Å²) in [4.78, 5) is 9.02. The average Bonchev–Trinajstić information content (AvgIpc) is 3.01. The van der Waals surface area contributed by atoms with Gasteiger partial charge in [-0.2, -0.15) is 0 Å². The third-order valence-corrected chi connectivity index (χ3v) is 4.07. The number of allylic oxidation sites excluding steroid dienone is 1. The molecule has 3 heteroatoms. The molecule has 1 aliphatic rings. The summed E-state index contributed by atoms with van der Waals surface area (Å²) in [6.45, 7) is 2.07. The van der Waals surface area contributed by atoms with Crippen molar-refractivity contribution in [2.45, 2.75) is 13.3 Å². The molecule has 3 nitrogen and oxygen atoms in total. The molecular formula is C20H17N3. The summed E-state index contributed by atoms with van der Waals surface area (Å²) in [5.41, 5.74) is 7.00. The maximum absolute atomic E-state index is 4.68. The van der Waals surface area contributed by atoms with Gasteiger partial charge in [-0.05, 0) is 42.7 Å². The monoisotopic (exact) mass is 299 g/mol. The Morgan fingerprint density at radius 1 is 0.957 bits per heavy atom. The lowest BCUT2D eigenvalue weighted by Gasteiger charge is -2.08. The van der Waals surface area contributed by atoms with Crippen LogP contribution in [0, 0.1) is 6.92 Å².